The fourth-order valence-corrected chi connectivity index (χ4v) is 11.3. The summed E-state index contributed by atoms with van der Waals surface area (Å²) in [7, 11) is 12.7. The van der Waals surface area contributed by atoms with Gasteiger partial charge in [-0.15, -0.1) is 0 Å². The SMILES string of the molecule is C.C.C.C.COc1cc(C)c(Cl)c(N)c1.COc1cc(C)c(Cl)c(NC(C)=O)c1.COc1cc(C)cc(N)c1.COc1cc(C)cc(NC(C)=O)c1.COc1cc(NCc2cnc(Cl)nc2Cl)c(Cl)c(OC)c1.COc1cc(NCc2cnc(Cl)nc2NCC2CC2)c(Cl)c(OC)c1.Clc1ncc(CI)c(Cl)n1.NCC1CC1. The Labute approximate surface area is 725 Å². The van der Waals surface area contributed by atoms with Gasteiger partial charge in [-0.2, -0.15) is 0 Å². The first-order valence-electron chi connectivity index (χ1n) is 33.1. The van der Waals surface area contributed by atoms with E-state index in [1.165, 1.54) is 46.6 Å². The summed E-state index contributed by atoms with van der Waals surface area (Å²) in [5, 5.41) is 18.4. The number of carbonyl (C=O) groups excluding carboxylic acids is 2. The van der Waals surface area contributed by atoms with Crippen LogP contribution in [0.15, 0.2) is 104 Å². The van der Waals surface area contributed by atoms with E-state index in [4.69, 9.17) is 160 Å². The first-order valence-corrected chi connectivity index (χ1v) is 38.0. The Kier molecular flexibility index (Phi) is 51.1. The van der Waals surface area contributed by atoms with Gasteiger partial charge in [0.15, 0.2) is 0 Å². The number of anilines is 7. The molecule has 0 radical (unpaired) electrons. The number of hydrogen-bond acceptors (Lipinski definition) is 22. The smallest absolute Gasteiger partial charge is 0.224 e. The third-order valence-electron chi connectivity index (χ3n) is 14.9. The van der Waals surface area contributed by atoms with Gasteiger partial charge in [0.25, 0.3) is 0 Å². The molecule has 0 aliphatic heterocycles. The van der Waals surface area contributed by atoms with Gasteiger partial charge in [-0.25, -0.2) is 29.9 Å². The number of rotatable bonds is 21. The fraction of sp³-hybridized carbons (Fsp3) is 0.367. The Morgan fingerprint density at radius 3 is 1.25 bits per heavy atom. The molecule has 2 aliphatic rings. The highest BCUT2D eigenvalue weighted by Crippen LogP contribution is 2.39. The lowest BCUT2D eigenvalue weighted by Crippen LogP contribution is -2.11. The number of amides is 2. The molecule has 11 N–H and O–H groups in total. The van der Waals surface area contributed by atoms with Gasteiger partial charge < -0.3 is 81.7 Å². The van der Waals surface area contributed by atoms with Crippen LogP contribution in [0.2, 0.25) is 46.2 Å². The summed E-state index contributed by atoms with van der Waals surface area (Å²) >= 11 is 55.4. The number of aryl methyl sites for hydroxylation is 4. The van der Waals surface area contributed by atoms with Crippen molar-refractivity contribution in [3.05, 3.63) is 189 Å². The topological polar surface area (TPSA) is 324 Å². The number of alkyl halides is 1. The van der Waals surface area contributed by atoms with E-state index in [0.717, 1.165) is 97.2 Å². The minimum absolute atomic E-state index is 0. The second-order valence-electron chi connectivity index (χ2n) is 23.7. The molecule has 2 amide bonds. The molecule has 0 atom stereocenters. The van der Waals surface area contributed by atoms with E-state index >= 15 is 0 Å². The predicted octanol–water partition coefficient (Wildman–Crippen LogP) is 22.3. The molecule has 113 heavy (non-hydrogen) atoms. The van der Waals surface area contributed by atoms with Gasteiger partial charge in [0.2, 0.25) is 27.7 Å². The number of methoxy groups -OCH3 is 8. The van der Waals surface area contributed by atoms with Crippen molar-refractivity contribution in [2.45, 2.75) is 114 Å². The molecule has 0 saturated heterocycles. The molecule has 0 spiro atoms. The van der Waals surface area contributed by atoms with Crippen LogP contribution < -0.4 is 81.7 Å². The number of nitrogens with one attached hydrogen (secondary N) is 5. The zero-order valence-corrected chi connectivity index (χ0v) is 71.6. The number of nitrogens with zero attached hydrogens (tertiary/aromatic N) is 6. The molecule has 0 unspecified atom stereocenters. The Bertz CT molecular complexity index is 4380. The minimum Gasteiger partial charge on any atom is -0.497 e. The van der Waals surface area contributed by atoms with E-state index < -0.39 is 0 Å². The molecule has 34 heteroatoms. The number of carbonyl (C=O) groups is 2. The zero-order chi connectivity index (χ0) is 81.0. The van der Waals surface area contributed by atoms with Crippen LogP contribution >= 0.6 is 127 Å². The highest BCUT2D eigenvalue weighted by atomic mass is 127. The molecule has 3 heterocycles. The lowest BCUT2D eigenvalue weighted by atomic mass is 10.2. The molecule has 6 aromatic carbocycles. The summed E-state index contributed by atoms with van der Waals surface area (Å²) in [5.41, 5.74) is 26.9. The summed E-state index contributed by atoms with van der Waals surface area (Å²) in [4.78, 5) is 45.3. The van der Waals surface area contributed by atoms with Crippen LogP contribution in [0.5, 0.6) is 46.0 Å². The van der Waals surface area contributed by atoms with Crippen molar-refractivity contribution in [3.8, 4) is 46.0 Å². The van der Waals surface area contributed by atoms with Crippen molar-refractivity contribution in [2.24, 2.45) is 17.6 Å². The third-order valence-corrected chi connectivity index (χ3v) is 18.7. The fourth-order valence-electron chi connectivity index (χ4n) is 8.89. The number of halogens is 10. The maximum atomic E-state index is 10.9. The first kappa shape index (κ1) is 105. The normalized spacial score (nSPS) is 10.9. The van der Waals surface area contributed by atoms with E-state index in [1.54, 1.807) is 111 Å². The van der Waals surface area contributed by atoms with Crippen molar-refractivity contribution >= 4 is 179 Å². The monoisotopic (exact) mass is 1850 g/mol. The average molecular weight is 1860 g/mol. The summed E-state index contributed by atoms with van der Waals surface area (Å²) < 4.78 is 41.9. The van der Waals surface area contributed by atoms with Crippen molar-refractivity contribution < 1.29 is 47.5 Å². The highest BCUT2D eigenvalue weighted by Gasteiger charge is 2.22. The molecule has 2 aliphatic carbocycles. The molecule has 622 valence electrons. The quantitative estimate of drug-likeness (QED) is 0.0109. The number of ether oxygens (including phenoxy) is 8. The Hall–Kier alpha value is -7.80. The average Bonchev–Trinajstić information content (AvgIpc) is 1.77. The van der Waals surface area contributed by atoms with Gasteiger partial charge in [0, 0.05) is 133 Å². The number of nitrogens with two attached hydrogens (primary N) is 3. The Balaban J connectivity index is 0.00000131. The second kappa shape index (κ2) is 54.9. The van der Waals surface area contributed by atoms with Crippen LogP contribution in [0.1, 0.15) is 108 Å². The zero-order valence-electron chi connectivity index (χ0n) is 62.6. The molecular formula is C79H106Cl9IN14O10. The molecule has 11 rings (SSSR count). The second-order valence-corrected chi connectivity index (χ2v) is 27.7. The van der Waals surface area contributed by atoms with E-state index in [0.29, 0.717) is 95.4 Å². The van der Waals surface area contributed by atoms with Gasteiger partial charge in [0.05, 0.1) is 89.7 Å². The number of hydrogen-bond donors (Lipinski definition) is 8. The van der Waals surface area contributed by atoms with Crippen molar-refractivity contribution in [1.82, 2.24) is 29.9 Å². The number of benzene rings is 6. The first-order chi connectivity index (χ1) is 51.8. The summed E-state index contributed by atoms with van der Waals surface area (Å²) in [5.74, 6) is 7.47. The summed E-state index contributed by atoms with van der Waals surface area (Å²) in [6.45, 7) is 13.3. The van der Waals surface area contributed by atoms with E-state index in [2.05, 4.69) is 79.1 Å². The minimum atomic E-state index is -0.153. The van der Waals surface area contributed by atoms with Crippen molar-refractivity contribution in [3.63, 3.8) is 0 Å². The van der Waals surface area contributed by atoms with Crippen LogP contribution in [-0.2, 0) is 27.1 Å². The third kappa shape index (κ3) is 38.5. The molecular weight excluding hydrogens is 1750 g/mol. The maximum absolute atomic E-state index is 10.9. The van der Waals surface area contributed by atoms with Gasteiger partial charge in [-0.3, -0.25) is 9.59 Å². The summed E-state index contributed by atoms with van der Waals surface area (Å²) in [6.07, 6.45) is 10.2. The van der Waals surface area contributed by atoms with E-state index in [1.807, 2.05) is 70.2 Å². The molecule has 3 aromatic heterocycles. The van der Waals surface area contributed by atoms with E-state index in [-0.39, 0.29) is 62.5 Å². The molecule has 2 fully saturated rings. The molecule has 2 saturated carbocycles. The van der Waals surface area contributed by atoms with Crippen LogP contribution in [0.4, 0.5) is 39.9 Å². The lowest BCUT2D eigenvalue weighted by Gasteiger charge is -2.15. The largest absolute Gasteiger partial charge is 0.497 e. The summed E-state index contributed by atoms with van der Waals surface area (Å²) in [6, 6.07) is 25.3. The van der Waals surface area contributed by atoms with Gasteiger partial charge in [-0.1, -0.05) is 122 Å². The number of nitrogen functional groups attached to an aromatic ring is 2. The van der Waals surface area contributed by atoms with Crippen molar-refractivity contribution in [1.29, 1.82) is 0 Å². The molecule has 0 bridgehead atoms. The van der Waals surface area contributed by atoms with Crippen LogP contribution in [0, 0.1) is 39.5 Å². The lowest BCUT2D eigenvalue weighted by molar-refractivity contribution is -0.115. The standard InChI is InChI=1S/C17H20Cl2N4O2.C13H12Cl3N3O2.C10H12ClNO2.C10H13NO2.C8H10ClNO.C8H11NO.C5H3Cl2IN2.C4H9N.4CH4/c1-24-12-5-13(15(18)14(6-12)25-2)20-8-11-9-22-17(19)23-16(11)21-7-10-3-4-10;1-20-8-3-9(11(14)10(4-8)21-2)17-5-7-6-18-13(16)19-12(7)15;1-6-4-8(14-3)5-9(10(6)11)12-7(2)13;1-7-4-9(11-8(2)12)6-10(5-7)13-3;1-5-3-6(11-2)4-7(10)8(5)9;1-6-3-7(9)5-8(4-6)10-2;6-4-3(1-8)2-9-5(7)10-4;5-3-4-1-2-4;;;;/h5-6,9-10,20H,3-4,7-8H2,1-2H3,(H,21,22,23);3-4,6,17H,5H2,1-2H3;4-5H,1-3H3,(H,12,13);4-6H,1-3H3,(H,11,12);3-4H,10H2,1-2H3;3-5H,9H2,1-2H3;2H,1H2;4H,1-3,5H2;4*1H4. The number of aromatic nitrogens is 6. The molecule has 9 aromatic rings. The van der Waals surface area contributed by atoms with Crippen LogP contribution in [0.25, 0.3) is 0 Å². The molecule has 24 nitrogen and oxygen atoms in total. The van der Waals surface area contributed by atoms with E-state index in [9.17, 15) is 9.59 Å². The maximum Gasteiger partial charge on any atom is 0.224 e. The van der Waals surface area contributed by atoms with Crippen molar-refractivity contribution in [2.75, 3.05) is 108 Å². The Morgan fingerprint density at radius 1 is 0.442 bits per heavy atom. The van der Waals surface area contributed by atoms with Crippen LogP contribution in [0.3, 0.4) is 0 Å². The van der Waals surface area contributed by atoms with Crippen LogP contribution in [-0.4, -0.2) is 112 Å². The van der Waals surface area contributed by atoms with Gasteiger partial charge in [0.1, 0.15) is 72.2 Å². The van der Waals surface area contributed by atoms with Gasteiger partial charge in [-0.05, 0) is 165 Å². The highest BCUT2D eigenvalue weighted by molar-refractivity contribution is 14.1. The predicted molar refractivity (Wildman–Crippen MR) is 481 cm³/mol. The Morgan fingerprint density at radius 2 is 0.841 bits per heavy atom. The van der Waals surface area contributed by atoms with Gasteiger partial charge >= 0.3 is 0 Å².